The van der Waals surface area contributed by atoms with Crippen molar-refractivity contribution in [2.24, 2.45) is 0 Å². The zero-order chi connectivity index (χ0) is 20.3. The van der Waals surface area contributed by atoms with Gasteiger partial charge < -0.3 is 14.5 Å². The molecular weight excluding hydrogens is 376 g/mol. The quantitative estimate of drug-likeness (QED) is 0.610. The van der Waals surface area contributed by atoms with Gasteiger partial charge in [0.15, 0.2) is 0 Å². The molecular formula is C21H22N2O4S. The minimum Gasteiger partial charge on any atom is -0.462 e. The number of ether oxygens (including phenoxy) is 1. The molecule has 0 radical (unpaired) electrons. The van der Waals surface area contributed by atoms with Crippen molar-refractivity contribution in [1.29, 1.82) is 0 Å². The van der Waals surface area contributed by atoms with Gasteiger partial charge in [-0.3, -0.25) is 4.79 Å². The fourth-order valence-electron chi connectivity index (χ4n) is 2.78. The summed E-state index contributed by atoms with van der Waals surface area (Å²) in [4.78, 5) is 30.3. The van der Waals surface area contributed by atoms with Crippen LogP contribution in [0.5, 0.6) is 0 Å². The first-order valence-corrected chi connectivity index (χ1v) is 9.81. The molecule has 2 aromatic heterocycles. The zero-order valence-corrected chi connectivity index (χ0v) is 17.1. The van der Waals surface area contributed by atoms with Crippen molar-refractivity contribution in [3.63, 3.8) is 0 Å². The Kier molecular flexibility index (Phi) is 5.94. The fraction of sp³-hybridized carbons (Fsp3) is 0.286. The largest absolute Gasteiger partial charge is 0.462 e. The third kappa shape index (κ3) is 4.14. The monoisotopic (exact) mass is 398 g/mol. The summed E-state index contributed by atoms with van der Waals surface area (Å²) in [7, 11) is 0. The van der Waals surface area contributed by atoms with Crippen molar-refractivity contribution in [3.05, 3.63) is 57.8 Å². The summed E-state index contributed by atoms with van der Waals surface area (Å²) < 4.78 is 10.8. The molecule has 0 bridgehead atoms. The molecule has 0 fully saturated rings. The molecule has 1 N–H and O–H groups in total. The Morgan fingerprint density at radius 3 is 2.57 bits per heavy atom. The maximum Gasteiger partial charge on any atom is 0.341 e. The molecule has 0 unspecified atom stereocenters. The highest BCUT2D eigenvalue weighted by molar-refractivity contribution is 7.16. The molecule has 6 nitrogen and oxygen atoms in total. The number of carbonyl (C=O) groups excluding carboxylic acids is 2. The lowest BCUT2D eigenvalue weighted by atomic mass is 10.1. The van der Waals surface area contributed by atoms with Crippen LogP contribution in [0.25, 0.3) is 11.5 Å². The molecule has 7 heteroatoms. The summed E-state index contributed by atoms with van der Waals surface area (Å²) >= 11 is 1.36. The van der Waals surface area contributed by atoms with E-state index in [1.54, 1.807) is 13.8 Å². The van der Waals surface area contributed by atoms with Crippen molar-refractivity contribution in [1.82, 2.24) is 4.98 Å². The molecule has 28 heavy (non-hydrogen) atoms. The maximum absolute atomic E-state index is 12.6. The molecule has 0 aliphatic rings. The average Bonchev–Trinajstić information content (AvgIpc) is 3.15. The number of anilines is 1. The third-order valence-electron chi connectivity index (χ3n) is 4.36. The van der Waals surface area contributed by atoms with Gasteiger partial charge in [0.1, 0.15) is 10.8 Å². The molecule has 2 heterocycles. The number of aromatic nitrogens is 1. The van der Waals surface area contributed by atoms with Crippen LogP contribution in [0.2, 0.25) is 0 Å². The molecule has 0 aliphatic heterocycles. The van der Waals surface area contributed by atoms with Crippen LogP contribution >= 0.6 is 11.3 Å². The van der Waals surface area contributed by atoms with Crippen LogP contribution in [-0.2, 0) is 16.0 Å². The van der Waals surface area contributed by atoms with Crippen LogP contribution in [-0.4, -0.2) is 23.5 Å². The number of thiophene rings is 1. The average molecular weight is 398 g/mol. The number of nitrogens with one attached hydrogen (secondary N) is 1. The highest BCUT2D eigenvalue weighted by Gasteiger charge is 2.23. The summed E-state index contributed by atoms with van der Waals surface area (Å²) in [6.07, 6.45) is 0.0560. The third-order valence-corrected chi connectivity index (χ3v) is 5.48. The van der Waals surface area contributed by atoms with Gasteiger partial charge in [-0.1, -0.05) is 18.2 Å². The van der Waals surface area contributed by atoms with E-state index in [9.17, 15) is 9.59 Å². The summed E-state index contributed by atoms with van der Waals surface area (Å²) in [5.74, 6) is 0.389. The zero-order valence-electron chi connectivity index (χ0n) is 16.3. The molecule has 0 spiro atoms. The van der Waals surface area contributed by atoms with Crippen molar-refractivity contribution in [2.75, 3.05) is 11.9 Å². The molecule has 1 amide bonds. The Balaban J connectivity index is 1.78. The molecule has 0 saturated carbocycles. The molecule has 3 aromatic rings. The van der Waals surface area contributed by atoms with E-state index < -0.39 is 5.97 Å². The number of oxazole rings is 1. The smallest absolute Gasteiger partial charge is 0.341 e. The lowest BCUT2D eigenvalue weighted by molar-refractivity contribution is -0.115. The summed E-state index contributed by atoms with van der Waals surface area (Å²) in [5.41, 5.74) is 2.66. The first-order chi connectivity index (χ1) is 13.4. The summed E-state index contributed by atoms with van der Waals surface area (Å²) in [6, 6.07) is 9.52. The van der Waals surface area contributed by atoms with E-state index in [0.717, 1.165) is 16.0 Å². The number of benzene rings is 1. The highest BCUT2D eigenvalue weighted by atomic mass is 32.1. The minimum atomic E-state index is -0.427. The maximum atomic E-state index is 12.6. The molecule has 0 aliphatic carbocycles. The second kappa shape index (κ2) is 8.39. The lowest BCUT2D eigenvalue weighted by Gasteiger charge is -2.06. The van der Waals surface area contributed by atoms with Crippen LogP contribution in [0.15, 0.2) is 34.7 Å². The van der Waals surface area contributed by atoms with Crippen molar-refractivity contribution < 1.29 is 18.7 Å². The van der Waals surface area contributed by atoms with E-state index in [2.05, 4.69) is 10.3 Å². The van der Waals surface area contributed by atoms with Gasteiger partial charge in [-0.25, -0.2) is 9.78 Å². The van der Waals surface area contributed by atoms with E-state index in [1.807, 2.05) is 44.2 Å². The number of esters is 1. The number of carbonyl (C=O) groups is 2. The van der Waals surface area contributed by atoms with Gasteiger partial charge in [0.2, 0.25) is 11.8 Å². The predicted octanol–water partition coefficient (Wildman–Crippen LogP) is 4.69. The van der Waals surface area contributed by atoms with Crippen molar-refractivity contribution in [3.8, 4) is 11.5 Å². The number of amides is 1. The van der Waals surface area contributed by atoms with Crippen LogP contribution in [0, 0.1) is 20.8 Å². The lowest BCUT2D eigenvalue weighted by Crippen LogP contribution is -2.17. The SMILES string of the molecule is CCOC(=O)c1c(NC(=O)Cc2nc(-c3ccccc3)oc2C)sc(C)c1C. The van der Waals surface area contributed by atoms with E-state index in [4.69, 9.17) is 9.15 Å². The number of aryl methyl sites for hydroxylation is 2. The molecule has 146 valence electrons. The highest BCUT2D eigenvalue weighted by Crippen LogP contribution is 2.33. The number of hydrogen-bond donors (Lipinski definition) is 1. The Labute approximate surface area is 167 Å². The topological polar surface area (TPSA) is 81.4 Å². The summed E-state index contributed by atoms with van der Waals surface area (Å²) in [5, 5.41) is 3.34. The number of hydrogen-bond acceptors (Lipinski definition) is 6. The minimum absolute atomic E-state index is 0.0560. The second-order valence-corrected chi connectivity index (χ2v) is 7.55. The van der Waals surface area contributed by atoms with Gasteiger partial charge in [0.05, 0.1) is 24.3 Å². The first kappa shape index (κ1) is 19.8. The van der Waals surface area contributed by atoms with Gasteiger partial charge >= 0.3 is 5.97 Å². The van der Waals surface area contributed by atoms with Gasteiger partial charge in [-0.05, 0) is 45.4 Å². The molecule has 0 atom stereocenters. The Bertz CT molecular complexity index is 1010. The van der Waals surface area contributed by atoms with Crippen molar-refractivity contribution >= 4 is 28.2 Å². The van der Waals surface area contributed by atoms with E-state index in [0.29, 0.717) is 27.9 Å². The van der Waals surface area contributed by atoms with E-state index >= 15 is 0 Å². The predicted molar refractivity (Wildman–Crippen MR) is 109 cm³/mol. The van der Waals surface area contributed by atoms with Crippen LogP contribution < -0.4 is 5.32 Å². The fourth-order valence-corrected chi connectivity index (χ4v) is 3.85. The van der Waals surface area contributed by atoms with Crippen LogP contribution in [0.3, 0.4) is 0 Å². The van der Waals surface area contributed by atoms with E-state index in [-0.39, 0.29) is 18.9 Å². The molecule has 1 aromatic carbocycles. The number of rotatable bonds is 6. The van der Waals surface area contributed by atoms with Gasteiger partial charge in [-0.15, -0.1) is 11.3 Å². The van der Waals surface area contributed by atoms with Crippen molar-refractivity contribution in [2.45, 2.75) is 34.1 Å². The summed E-state index contributed by atoms with van der Waals surface area (Å²) in [6.45, 7) is 7.57. The Morgan fingerprint density at radius 2 is 1.89 bits per heavy atom. The van der Waals surface area contributed by atoms with Gasteiger partial charge in [0, 0.05) is 10.4 Å². The van der Waals surface area contributed by atoms with Crippen LogP contribution in [0.4, 0.5) is 5.00 Å². The normalized spacial score (nSPS) is 10.7. The van der Waals surface area contributed by atoms with E-state index in [1.165, 1.54) is 11.3 Å². The standard InChI is InChI=1S/C21H22N2O4S/c1-5-26-21(25)18-12(2)14(4)28-20(18)23-17(24)11-16-13(3)27-19(22-16)15-9-7-6-8-10-15/h6-10H,5,11H2,1-4H3,(H,23,24). The Hall–Kier alpha value is -2.93. The Morgan fingerprint density at radius 1 is 1.18 bits per heavy atom. The number of nitrogens with zero attached hydrogens (tertiary/aromatic N) is 1. The molecule has 0 saturated heterocycles. The van der Waals surface area contributed by atoms with Crippen LogP contribution in [0.1, 0.15) is 39.2 Å². The van der Waals surface area contributed by atoms with Gasteiger partial charge in [-0.2, -0.15) is 0 Å². The van der Waals surface area contributed by atoms with Gasteiger partial charge in [0.25, 0.3) is 0 Å². The molecule has 3 rings (SSSR count). The second-order valence-electron chi connectivity index (χ2n) is 6.32. The first-order valence-electron chi connectivity index (χ1n) is 8.99.